The summed E-state index contributed by atoms with van der Waals surface area (Å²) in [6.45, 7) is 0.579. The highest BCUT2D eigenvalue weighted by molar-refractivity contribution is 14.1. The quantitative estimate of drug-likeness (QED) is 0.505. The SMILES string of the molecule is CSc1ccc(CN(C)C(=O)c2cc(Cl)ccc2I)cc1. The van der Waals surface area contributed by atoms with Gasteiger partial charge in [-0.1, -0.05) is 23.7 Å². The Kier molecular flexibility index (Phi) is 5.96. The molecule has 21 heavy (non-hydrogen) atoms. The molecule has 0 aliphatic heterocycles. The van der Waals surface area contributed by atoms with E-state index in [1.807, 2.05) is 19.4 Å². The summed E-state index contributed by atoms with van der Waals surface area (Å²) in [5.41, 5.74) is 1.76. The van der Waals surface area contributed by atoms with Gasteiger partial charge in [0.25, 0.3) is 5.91 Å². The summed E-state index contributed by atoms with van der Waals surface area (Å²) in [5, 5.41) is 0.580. The van der Waals surface area contributed by atoms with Crippen molar-refractivity contribution >= 4 is 51.9 Å². The highest BCUT2D eigenvalue weighted by atomic mass is 127. The van der Waals surface area contributed by atoms with Crippen molar-refractivity contribution in [2.75, 3.05) is 13.3 Å². The molecule has 0 heterocycles. The summed E-state index contributed by atoms with van der Waals surface area (Å²) in [7, 11) is 1.81. The lowest BCUT2D eigenvalue weighted by Gasteiger charge is -2.18. The summed E-state index contributed by atoms with van der Waals surface area (Å²) in [5.74, 6) is -0.0177. The molecule has 0 aliphatic carbocycles. The molecule has 0 saturated heterocycles. The Morgan fingerprint density at radius 3 is 2.52 bits per heavy atom. The summed E-state index contributed by atoms with van der Waals surface area (Å²) >= 11 is 9.85. The molecule has 5 heteroatoms. The molecule has 0 fully saturated rings. The average Bonchev–Trinajstić information content (AvgIpc) is 2.49. The van der Waals surface area contributed by atoms with Crippen molar-refractivity contribution in [2.24, 2.45) is 0 Å². The molecule has 0 N–H and O–H groups in total. The molecule has 0 bridgehead atoms. The monoisotopic (exact) mass is 431 g/mol. The first-order valence-corrected chi connectivity index (χ1v) is 9.03. The molecule has 0 aromatic heterocycles. The molecular weight excluding hydrogens is 417 g/mol. The van der Waals surface area contributed by atoms with Gasteiger partial charge in [-0.15, -0.1) is 11.8 Å². The van der Waals surface area contributed by atoms with E-state index in [1.165, 1.54) is 4.90 Å². The number of carbonyl (C=O) groups excluding carboxylic acids is 1. The molecule has 110 valence electrons. The van der Waals surface area contributed by atoms with E-state index in [4.69, 9.17) is 11.6 Å². The van der Waals surface area contributed by atoms with Crippen molar-refractivity contribution in [1.29, 1.82) is 0 Å². The third kappa shape index (κ3) is 4.37. The molecule has 0 saturated carbocycles. The minimum atomic E-state index is -0.0177. The van der Waals surface area contributed by atoms with Crippen LogP contribution in [-0.2, 0) is 6.54 Å². The second-order valence-corrected chi connectivity index (χ2v) is 7.11. The van der Waals surface area contributed by atoms with Crippen LogP contribution >= 0.6 is 46.0 Å². The highest BCUT2D eigenvalue weighted by Gasteiger charge is 2.15. The molecule has 0 spiro atoms. The van der Waals surface area contributed by atoms with Gasteiger partial charge < -0.3 is 4.90 Å². The van der Waals surface area contributed by atoms with Crippen LogP contribution in [0.5, 0.6) is 0 Å². The van der Waals surface area contributed by atoms with E-state index in [0.29, 0.717) is 17.1 Å². The largest absolute Gasteiger partial charge is 0.337 e. The van der Waals surface area contributed by atoms with Crippen LogP contribution in [0.4, 0.5) is 0 Å². The Balaban J connectivity index is 2.13. The normalized spacial score (nSPS) is 10.5. The number of halogens is 2. The van der Waals surface area contributed by atoms with Gasteiger partial charge in [0, 0.05) is 27.1 Å². The van der Waals surface area contributed by atoms with E-state index in [9.17, 15) is 4.79 Å². The average molecular weight is 432 g/mol. The maximum Gasteiger partial charge on any atom is 0.255 e. The van der Waals surface area contributed by atoms with Gasteiger partial charge in [0.05, 0.1) is 5.56 Å². The van der Waals surface area contributed by atoms with Gasteiger partial charge in [0.2, 0.25) is 0 Å². The van der Waals surface area contributed by atoms with E-state index >= 15 is 0 Å². The summed E-state index contributed by atoms with van der Waals surface area (Å²) in [6.07, 6.45) is 2.05. The van der Waals surface area contributed by atoms with Gasteiger partial charge in [-0.3, -0.25) is 4.79 Å². The predicted octanol–water partition coefficient (Wildman–Crippen LogP) is 4.94. The molecule has 0 atom stereocenters. The first-order chi connectivity index (χ1) is 10.0. The fourth-order valence-electron chi connectivity index (χ4n) is 1.94. The molecule has 0 aliphatic rings. The molecule has 2 nitrogen and oxygen atoms in total. The van der Waals surface area contributed by atoms with Crippen LogP contribution in [0.1, 0.15) is 15.9 Å². The van der Waals surface area contributed by atoms with Gasteiger partial charge >= 0.3 is 0 Å². The van der Waals surface area contributed by atoms with Gasteiger partial charge in [-0.2, -0.15) is 0 Å². The van der Waals surface area contributed by atoms with Gasteiger partial charge in [0.1, 0.15) is 0 Å². The third-order valence-corrected chi connectivity index (χ3v) is 5.00. The number of rotatable bonds is 4. The van der Waals surface area contributed by atoms with Crippen LogP contribution in [0.15, 0.2) is 47.4 Å². The number of amides is 1. The molecule has 0 unspecified atom stereocenters. The number of hydrogen-bond acceptors (Lipinski definition) is 2. The van der Waals surface area contributed by atoms with Crippen LogP contribution in [0.2, 0.25) is 5.02 Å². The molecule has 2 aromatic carbocycles. The van der Waals surface area contributed by atoms with Crippen molar-refractivity contribution in [3.8, 4) is 0 Å². The van der Waals surface area contributed by atoms with Gasteiger partial charge in [-0.25, -0.2) is 0 Å². The van der Waals surface area contributed by atoms with E-state index in [0.717, 1.165) is 9.13 Å². The fraction of sp³-hybridized carbons (Fsp3) is 0.188. The lowest BCUT2D eigenvalue weighted by molar-refractivity contribution is 0.0784. The number of thioether (sulfide) groups is 1. The Morgan fingerprint density at radius 1 is 1.24 bits per heavy atom. The second kappa shape index (κ2) is 7.51. The third-order valence-electron chi connectivity index (χ3n) is 3.08. The van der Waals surface area contributed by atoms with Crippen LogP contribution < -0.4 is 0 Å². The molecule has 2 aromatic rings. The molecule has 2 rings (SSSR count). The maximum absolute atomic E-state index is 12.5. The van der Waals surface area contributed by atoms with Crippen LogP contribution in [0, 0.1) is 3.57 Å². The zero-order chi connectivity index (χ0) is 15.4. The number of hydrogen-bond donors (Lipinski definition) is 0. The zero-order valence-corrected chi connectivity index (χ0v) is 15.5. The maximum atomic E-state index is 12.5. The minimum Gasteiger partial charge on any atom is -0.337 e. The molecule has 0 radical (unpaired) electrons. The van der Waals surface area contributed by atoms with Crippen LogP contribution in [-0.4, -0.2) is 24.1 Å². The number of benzene rings is 2. The molecule has 1 amide bonds. The van der Waals surface area contributed by atoms with Crippen molar-refractivity contribution in [1.82, 2.24) is 4.90 Å². The number of carbonyl (C=O) groups is 1. The predicted molar refractivity (Wildman–Crippen MR) is 98.2 cm³/mol. The summed E-state index contributed by atoms with van der Waals surface area (Å²) in [4.78, 5) is 15.4. The lowest BCUT2D eigenvalue weighted by Crippen LogP contribution is -2.26. The van der Waals surface area contributed by atoms with Gasteiger partial charge in [-0.05, 0) is 64.7 Å². The number of nitrogens with zero attached hydrogens (tertiary/aromatic N) is 1. The highest BCUT2D eigenvalue weighted by Crippen LogP contribution is 2.20. The summed E-state index contributed by atoms with van der Waals surface area (Å²) in [6, 6.07) is 13.6. The smallest absolute Gasteiger partial charge is 0.255 e. The Bertz CT molecular complexity index is 645. The van der Waals surface area contributed by atoms with E-state index < -0.39 is 0 Å². The topological polar surface area (TPSA) is 20.3 Å². The van der Waals surface area contributed by atoms with Crippen molar-refractivity contribution in [3.63, 3.8) is 0 Å². The fourth-order valence-corrected chi connectivity index (χ4v) is 3.09. The Labute approximate surface area is 148 Å². The van der Waals surface area contributed by atoms with E-state index in [1.54, 1.807) is 28.8 Å². The van der Waals surface area contributed by atoms with Crippen molar-refractivity contribution in [2.45, 2.75) is 11.4 Å². The first-order valence-electron chi connectivity index (χ1n) is 6.34. The van der Waals surface area contributed by atoms with Crippen molar-refractivity contribution in [3.05, 3.63) is 62.2 Å². The van der Waals surface area contributed by atoms with Crippen molar-refractivity contribution < 1.29 is 4.79 Å². The zero-order valence-electron chi connectivity index (χ0n) is 11.8. The minimum absolute atomic E-state index is 0.0177. The standard InChI is InChI=1S/C16H15ClINOS/c1-19(10-11-3-6-13(21-2)7-4-11)16(20)14-9-12(17)5-8-15(14)18/h3-9H,10H2,1-2H3. The summed E-state index contributed by atoms with van der Waals surface area (Å²) < 4.78 is 0.909. The Hall–Kier alpha value is -0.720. The first kappa shape index (κ1) is 16.6. The van der Waals surface area contributed by atoms with E-state index in [-0.39, 0.29) is 5.91 Å². The second-order valence-electron chi connectivity index (χ2n) is 4.63. The van der Waals surface area contributed by atoms with Crippen LogP contribution in [0.3, 0.4) is 0 Å². The lowest BCUT2D eigenvalue weighted by atomic mass is 10.1. The molecular formula is C16H15ClINOS. The Morgan fingerprint density at radius 2 is 1.90 bits per heavy atom. The van der Waals surface area contributed by atoms with E-state index in [2.05, 4.69) is 46.9 Å². The van der Waals surface area contributed by atoms with Crippen LogP contribution in [0.25, 0.3) is 0 Å². The van der Waals surface area contributed by atoms with Gasteiger partial charge in [0.15, 0.2) is 0 Å².